The van der Waals surface area contributed by atoms with Crippen molar-refractivity contribution in [3.05, 3.63) is 29.8 Å². The summed E-state index contributed by atoms with van der Waals surface area (Å²) in [6.07, 6.45) is 0. The van der Waals surface area contributed by atoms with E-state index in [1.165, 1.54) is 7.11 Å². The number of ether oxygens (including phenoxy) is 2. The Bertz CT molecular complexity index is 325. The molecule has 1 aromatic carbocycles. The van der Waals surface area contributed by atoms with Crippen molar-refractivity contribution < 1.29 is 14.3 Å². The van der Waals surface area contributed by atoms with Gasteiger partial charge in [-0.15, -0.1) is 0 Å². The number of benzene rings is 1. The standard InChI is InChI=1S/C11H15NO3/c1-12-7-9-5-3-4-6-10(9)15-8-11(13)14-2/h3-6,12H,7-8H2,1-2H3. The predicted molar refractivity (Wildman–Crippen MR) is 56.7 cm³/mol. The first-order valence-electron chi connectivity index (χ1n) is 4.70. The molecule has 15 heavy (non-hydrogen) atoms. The lowest BCUT2D eigenvalue weighted by Gasteiger charge is -2.09. The van der Waals surface area contributed by atoms with Gasteiger partial charge >= 0.3 is 5.97 Å². The van der Waals surface area contributed by atoms with Gasteiger partial charge in [-0.3, -0.25) is 0 Å². The van der Waals surface area contributed by atoms with Gasteiger partial charge in [0.1, 0.15) is 5.75 Å². The number of nitrogens with one attached hydrogen (secondary N) is 1. The molecule has 0 fully saturated rings. The molecule has 4 heteroatoms. The Hall–Kier alpha value is -1.55. The summed E-state index contributed by atoms with van der Waals surface area (Å²) in [5.74, 6) is 0.325. The summed E-state index contributed by atoms with van der Waals surface area (Å²) in [6.45, 7) is 0.647. The maximum Gasteiger partial charge on any atom is 0.343 e. The van der Waals surface area contributed by atoms with Crippen LogP contribution in [-0.4, -0.2) is 26.7 Å². The predicted octanol–water partition coefficient (Wildman–Crippen LogP) is 0.958. The Morgan fingerprint density at radius 3 is 2.80 bits per heavy atom. The fraction of sp³-hybridized carbons (Fsp3) is 0.364. The Balaban J connectivity index is 2.62. The maximum absolute atomic E-state index is 10.9. The normalized spacial score (nSPS) is 9.73. The van der Waals surface area contributed by atoms with Gasteiger partial charge in [-0.25, -0.2) is 4.79 Å². The van der Waals surface area contributed by atoms with Crippen molar-refractivity contribution in [2.45, 2.75) is 6.54 Å². The van der Waals surface area contributed by atoms with E-state index in [2.05, 4.69) is 10.1 Å². The zero-order chi connectivity index (χ0) is 11.1. The molecule has 0 amide bonds. The molecule has 0 saturated carbocycles. The number of methoxy groups -OCH3 is 1. The number of hydrogen-bond donors (Lipinski definition) is 1. The van der Waals surface area contributed by atoms with E-state index < -0.39 is 0 Å². The molecule has 0 spiro atoms. The van der Waals surface area contributed by atoms with E-state index in [1.54, 1.807) is 0 Å². The minimum atomic E-state index is -0.380. The highest BCUT2D eigenvalue weighted by atomic mass is 16.6. The molecule has 1 aromatic rings. The molecule has 0 bridgehead atoms. The number of carbonyl (C=O) groups excluding carboxylic acids is 1. The van der Waals surface area contributed by atoms with Crippen LogP contribution in [0.3, 0.4) is 0 Å². The lowest BCUT2D eigenvalue weighted by molar-refractivity contribution is -0.142. The number of hydrogen-bond acceptors (Lipinski definition) is 4. The van der Waals surface area contributed by atoms with Gasteiger partial charge in [0.2, 0.25) is 0 Å². The van der Waals surface area contributed by atoms with Crippen LogP contribution in [0.25, 0.3) is 0 Å². The Kier molecular flexibility index (Phi) is 4.63. The van der Waals surface area contributed by atoms with E-state index in [0.29, 0.717) is 12.3 Å². The molecule has 0 unspecified atom stereocenters. The van der Waals surface area contributed by atoms with Crippen molar-refractivity contribution in [3.8, 4) is 5.75 Å². The third kappa shape index (κ3) is 3.59. The largest absolute Gasteiger partial charge is 0.482 e. The smallest absolute Gasteiger partial charge is 0.343 e. The molecule has 0 radical (unpaired) electrons. The first-order chi connectivity index (χ1) is 7.27. The molecule has 0 aliphatic heterocycles. The van der Waals surface area contributed by atoms with Crippen LogP contribution in [0.4, 0.5) is 0 Å². The van der Waals surface area contributed by atoms with Crippen LogP contribution in [0, 0.1) is 0 Å². The number of para-hydroxylation sites is 1. The number of rotatable bonds is 5. The highest BCUT2D eigenvalue weighted by Gasteiger charge is 2.05. The topological polar surface area (TPSA) is 47.6 Å². The third-order valence-electron chi connectivity index (χ3n) is 1.91. The van der Waals surface area contributed by atoms with Crippen LogP contribution in [0.1, 0.15) is 5.56 Å². The van der Waals surface area contributed by atoms with Crippen LogP contribution >= 0.6 is 0 Å². The Labute approximate surface area is 89.2 Å². The van der Waals surface area contributed by atoms with E-state index in [4.69, 9.17) is 4.74 Å². The summed E-state index contributed by atoms with van der Waals surface area (Å²) in [6, 6.07) is 7.57. The Morgan fingerprint density at radius 2 is 2.13 bits per heavy atom. The quantitative estimate of drug-likeness (QED) is 0.734. The molecular weight excluding hydrogens is 194 g/mol. The third-order valence-corrected chi connectivity index (χ3v) is 1.91. The van der Waals surface area contributed by atoms with Crippen LogP contribution in [0.15, 0.2) is 24.3 Å². The van der Waals surface area contributed by atoms with Gasteiger partial charge in [0, 0.05) is 12.1 Å². The van der Waals surface area contributed by atoms with Gasteiger partial charge in [-0.05, 0) is 13.1 Å². The minimum absolute atomic E-state index is 0.0583. The summed E-state index contributed by atoms with van der Waals surface area (Å²) in [5, 5.41) is 3.03. The first-order valence-corrected chi connectivity index (χ1v) is 4.70. The monoisotopic (exact) mass is 209 g/mol. The average molecular weight is 209 g/mol. The van der Waals surface area contributed by atoms with Gasteiger partial charge in [-0.2, -0.15) is 0 Å². The average Bonchev–Trinajstić information content (AvgIpc) is 2.28. The van der Waals surface area contributed by atoms with Gasteiger partial charge in [0.25, 0.3) is 0 Å². The second-order valence-electron chi connectivity index (χ2n) is 3.00. The molecule has 1 N–H and O–H groups in total. The Morgan fingerprint density at radius 1 is 1.40 bits per heavy atom. The van der Waals surface area contributed by atoms with E-state index in [0.717, 1.165) is 5.56 Å². The fourth-order valence-corrected chi connectivity index (χ4v) is 1.18. The summed E-state index contributed by atoms with van der Waals surface area (Å²) in [5.41, 5.74) is 1.02. The molecule has 4 nitrogen and oxygen atoms in total. The summed E-state index contributed by atoms with van der Waals surface area (Å²) in [4.78, 5) is 10.9. The second kappa shape index (κ2) is 6.03. The molecular formula is C11H15NO3. The molecule has 82 valence electrons. The van der Waals surface area contributed by atoms with E-state index in [-0.39, 0.29) is 12.6 Å². The van der Waals surface area contributed by atoms with Gasteiger partial charge in [-0.1, -0.05) is 18.2 Å². The lowest BCUT2D eigenvalue weighted by atomic mass is 10.2. The van der Waals surface area contributed by atoms with Crippen LogP contribution in [0.5, 0.6) is 5.75 Å². The van der Waals surface area contributed by atoms with Crippen LogP contribution in [-0.2, 0) is 16.1 Å². The summed E-state index contributed by atoms with van der Waals surface area (Å²) in [7, 11) is 3.20. The van der Waals surface area contributed by atoms with E-state index in [9.17, 15) is 4.79 Å². The zero-order valence-corrected chi connectivity index (χ0v) is 8.95. The highest BCUT2D eigenvalue weighted by Crippen LogP contribution is 2.17. The van der Waals surface area contributed by atoms with Crippen molar-refractivity contribution in [2.75, 3.05) is 20.8 Å². The van der Waals surface area contributed by atoms with Gasteiger partial charge in [0.15, 0.2) is 6.61 Å². The van der Waals surface area contributed by atoms with E-state index >= 15 is 0 Å². The SMILES string of the molecule is CNCc1ccccc1OCC(=O)OC. The zero-order valence-electron chi connectivity index (χ0n) is 8.95. The highest BCUT2D eigenvalue weighted by molar-refractivity contribution is 5.70. The maximum atomic E-state index is 10.9. The molecule has 0 saturated heterocycles. The molecule has 0 atom stereocenters. The van der Waals surface area contributed by atoms with Crippen molar-refractivity contribution in [1.29, 1.82) is 0 Å². The number of carbonyl (C=O) groups is 1. The molecule has 1 rings (SSSR count). The van der Waals surface area contributed by atoms with Crippen LogP contribution in [0.2, 0.25) is 0 Å². The van der Waals surface area contributed by atoms with Gasteiger partial charge < -0.3 is 14.8 Å². The summed E-state index contributed by atoms with van der Waals surface area (Å²) >= 11 is 0. The number of esters is 1. The first kappa shape index (κ1) is 11.5. The van der Waals surface area contributed by atoms with Crippen molar-refractivity contribution >= 4 is 5.97 Å². The van der Waals surface area contributed by atoms with Crippen LogP contribution < -0.4 is 10.1 Å². The molecule has 0 aliphatic carbocycles. The van der Waals surface area contributed by atoms with Crippen molar-refractivity contribution in [2.24, 2.45) is 0 Å². The summed E-state index contributed by atoms with van der Waals surface area (Å²) < 4.78 is 9.82. The molecule has 0 aliphatic rings. The fourth-order valence-electron chi connectivity index (χ4n) is 1.18. The van der Waals surface area contributed by atoms with Crippen molar-refractivity contribution in [3.63, 3.8) is 0 Å². The second-order valence-corrected chi connectivity index (χ2v) is 3.00. The van der Waals surface area contributed by atoms with Gasteiger partial charge in [0.05, 0.1) is 7.11 Å². The minimum Gasteiger partial charge on any atom is -0.482 e. The van der Waals surface area contributed by atoms with Crippen molar-refractivity contribution in [1.82, 2.24) is 5.32 Å². The molecule has 0 heterocycles. The van der Waals surface area contributed by atoms with E-state index in [1.807, 2.05) is 31.3 Å². The molecule has 0 aromatic heterocycles. The lowest BCUT2D eigenvalue weighted by Crippen LogP contribution is -2.14.